The standard InChI is InChI=1S/C21H21N3O4S/c1-3-13-22-29(26,27)18-11-9-17(10-12-18)21(25)23-20-14-19(24-28-20)16-7-5-15(4-2)6-8-16/h3,5-12,14,22H,1,4,13H2,2H3,(H,23,25). The Morgan fingerprint density at radius 2 is 1.83 bits per heavy atom. The van der Waals surface area contributed by atoms with Gasteiger partial charge in [-0.2, -0.15) is 0 Å². The fraction of sp³-hybridized carbons (Fsp3) is 0.143. The lowest BCUT2D eigenvalue weighted by molar-refractivity contribution is 0.102. The summed E-state index contributed by atoms with van der Waals surface area (Å²) in [5, 5.41) is 6.60. The lowest BCUT2D eigenvalue weighted by atomic mass is 10.1. The Bertz CT molecular complexity index is 1100. The summed E-state index contributed by atoms with van der Waals surface area (Å²) >= 11 is 0. The summed E-state index contributed by atoms with van der Waals surface area (Å²) in [6.07, 6.45) is 2.40. The van der Waals surface area contributed by atoms with Gasteiger partial charge in [0, 0.05) is 23.7 Å². The second-order valence-corrected chi connectivity index (χ2v) is 8.01. The molecule has 1 aromatic heterocycles. The first kappa shape index (κ1) is 20.5. The van der Waals surface area contributed by atoms with Crippen LogP contribution in [0, 0.1) is 0 Å². The van der Waals surface area contributed by atoms with Gasteiger partial charge in [-0.05, 0) is 36.2 Å². The molecule has 0 saturated carbocycles. The normalized spacial score (nSPS) is 11.2. The molecule has 0 spiro atoms. The Balaban J connectivity index is 1.69. The maximum atomic E-state index is 12.4. The lowest BCUT2D eigenvalue weighted by Gasteiger charge is -2.06. The van der Waals surface area contributed by atoms with Gasteiger partial charge in [-0.1, -0.05) is 42.4 Å². The second kappa shape index (κ2) is 8.85. The Morgan fingerprint density at radius 1 is 1.14 bits per heavy atom. The molecule has 0 atom stereocenters. The number of aryl methyl sites for hydroxylation is 1. The number of aromatic nitrogens is 1. The number of benzene rings is 2. The molecular weight excluding hydrogens is 390 g/mol. The van der Waals surface area contributed by atoms with Crippen LogP contribution in [0.1, 0.15) is 22.8 Å². The number of hydrogen-bond donors (Lipinski definition) is 2. The van der Waals surface area contributed by atoms with Crippen molar-refractivity contribution in [2.45, 2.75) is 18.2 Å². The van der Waals surface area contributed by atoms with E-state index >= 15 is 0 Å². The van der Waals surface area contributed by atoms with E-state index in [1.54, 1.807) is 6.07 Å². The SMILES string of the molecule is C=CCNS(=O)(=O)c1ccc(C(=O)Nc2cc(-c3ccc(CC)cc3)no2)cc1. The van der Waals surface area contributed by atoms with Crippen molar-refractivity contribution in [3.8, 4) is 11.3 Å². The topological polar surface area (TPSA) is 101 Å². The van der Waals surface area contributed by atoms with E-state index in [0.29, 0.717) is 5.69 Å². The van der Waals surface area contributed by atoms with Crippen LogP contribution in [0.25, 0.3) is 11.3 Å². The first-order valence-electron chi connectivity index (χ1n) is 9.01. The van der Waals surface area contributed by atoms with E-state index in [1.165, 1.54) is 35.9 Å². The molecule has 2 N–H and O–H groups in total. The van der Waals surface area contributed by atoms with E-state index in [0.717, 1.165) is 12.0 Å². The summed E-state index contributed by atoms with van der Waals surface area (Å²) in [5.74, 6) is -0.231. The molecule has 0 aliphatic rings. The monoisotopic (exact) mass is 411 g/mol. The number of hydrogen-bond acceptors (Lipinski definition) is 5. The Kier molecular flexibility index (Phi) is 6.26. The van der Waals surface area contributed by atoms with Crippen molar-refractivity contribution < 1.29 is 17.7 Å². The molecule has 0 radical (unpaired) electrons. The van der Waals surface area contributed by atoms with E-state index in [-0.39, 0.29) is 22.9 Å². The Labute approximate surface area is 169 Å². The van der Waals surface area contributed by atoms with Crippen LogP contribution >= 0.6 is 0 Å². The van der Waals surface area contributed by atoms with Crippen molar-refractivity contribution in [1.29, 1.82) is 0 Å². The van der Waals surface area contributed by atoms with Crippen molar-refractivity contribution in [2.24, 2.45) is 0 Å². The third kappa shape index (κ3) is 4.98. The average molecular weight is 411 g/mol. The smallest absolute Gasteiger partial charge is 0.258 e. The first-order chi connectivity index (χ1) is 13.9. The minimum atomic E-state index is -3.64. The van der Waals surface area contributed by atoms with Gasteiger partial charge in [0.1, 0.15) is 5.69 Å². The van der Waals surface area contributed by atoms with Crippen LogP contribution in [-0.2, 0) is 16.4 Å². The molecular formula is C21H21N3O4S. The average Bonchev–Trinajstić information content (AvgIpc) is 3.21. The number of carbonyl (C=O) groups is 1. The quantitative estimate of drug-likeness (QED) is 0.551. The molecule has 1 amide bonds. The molecule has 8 heteroatoms. The fourth-order valence-corrected chi connectivity index (χ4v) is 3.60. The predicted molar refractivity (Wildman–Crippen MR) is 111 cm³/mol. The Morgan fingerprint density at radius 3 is 2.45 bits per heavy atom. The maximum Gasteiger partial charge on any atom is 0.258 e. The third-order valence-corrected chi connectivity index (χ3v) is 5.69. The van der Waals surface area contributed by atoms with Crippen LogP contribution in [0.5, 0.6) is 0 Å². The van der Waals surface area contributed by atoms with Crippen LogP contribution in [-0.4, -0.2) is 26.0 Å². The van der Waals surface area contributed by atoms with Gasteiger partial charge >= 0.3 is 0 Å². The van der Waals surface area contributed by atoms with Crippen molar-refractivity contribution in [2.75, 3.05) is 11.9 Å². The summed E-state index contributed by atoms with van der Waals surface area (Å²) in [7, 11) is -3.64. The highest BCUT2D eigenvalue weighted by atomic mass is 32.2. The number of carbonyl (C=O) groups excluding carboxylic acids is 1. The number of rotatable bonds is 8. The minimum absolute atomic E-state index is 0.0633. The van der Waals surface area contributed by atoms with E-state index in [4.69, 9.17) is 4.52 Å². The van der Waals surface area contributed by atoms with Gasteiger partial charge < -0.3 is 4.52 Å². The summed E-state index contributed by atoms with van der Waals surface area (Å²) in [5.41, 5.74) is 3.00. The molecule has 7 nitrogen and oxygen atoms in total. The molecule has 0 saturated heterocycles. The lowest BCUT2D eigenvalue weighted by Crippen LogP contribution is -2.23. The molecule has 0 unspecified atom stereocenters. The second-order valence-electron chi connectivity index (χ2n) is 6.25. The molecule has 150 valence electrons. The van der Waals surface area contributed by atoms with Gasteiger partial charge in [-0.15, -0.1) is 6.58 Å². The summed E-state index contributed by atoms with van der Waals surface area (Å²) in [6, 6.07) is 15.1. The summed E-state index contributed by atoms with van der Waals surface area (Å²) in [4.78, 5) is 12.5. The third-order valence-electron chi connectivity index (χ3n) is 4.25. The van der Waals surface area contributed by atoms with Gasteiger partial charge in [-0.3, -0.25) is 10.1 Å². The number of amides is 1. The number of nitrogens with one attached hydrogen (secondary N) is 2. The van der Waals surface area contributed by atoms with E-state index in [9.17, 15) is 13.2 Å². The molecule has 3 aromatic rings. The van der Waals surface area contributed by atoms with Crippen molar-refractivity contribution in [1.82, 2.24) is 9.88 Å². The van der Waals surface area contributed by atoms with Crippen LogP contribution in [0.15, 0.2) is 76.7 Å². The predicted octanol–water partition coefficient (Wildman–Crippen LogP) is 3.62. The zero-order valence-electron chi connectivity index (χ0n) is 15.9. The molecule has 0 bridgehead atoms. The zero-order chi connectivity index (χ0) is 20.9. The number of sulfonamides is 1. The van der Waals surface area contributed by atoms with Crippen molar-refractivity contribution in [3.63, 3.8) is 0 Å². The van der Waals surface area contributed by atoms with Crippen LogP contribution in [0.3, 0.4) is 0 Å². The van der Waals surface area contributed by atoms with Crippen molar-refractivity contribution in [3.05, 3.63) is 78.4 Å². The maximum absolute atomic E-state index is 12.4. The highest BCUT2D eigenvalue weighted by Gasteiger charge is 2.15. The molecule has 0 aliphatic carbocycles. The molecule has 0 fully saturated rings. The van der Waals surface area contributed by atoms with Gasteiger partial charge in [-0.25, -0.2) is 13.1 Å². The number of nitrogens with zero attached hydrogens (tertiary/aromatic N) is 1. The van der Waals surface area contributed by atoms with Gasteiger partial charge in [0.25, 0.3) is 5.91 Å². The molecule has 3 rings (SSSR count). The van der Waals surface area contributed by atoms with Crippen LogP contribution in [0.4, 0.5) is 5.88 Å². The molecule has 29 heavy (non-hydrogen) atoms. The van der Waals surface area contributed by atoms with Crippen LogP contribution in [0.2, 0.25) is 0 Å². The summed E-state index contributed by atoms with van der Waals surface area (Å²) in [6.45, 7) is 5.68. The van der Waals surface area contributed by atoms with E-state index in [2.05, 4.69) is 28.7 Å². The molecule has 1 heterocycles. The minimum Gasteiger partial charge on any atom is -0.338 e. The Hall–Kier alpha value is -3.23. The van der Waals surface area contributed by atoms with Gasteiger partial charge in [0.05, 0.1) is 4.90 Å². The van der Waals surface area contributed by atoms with Crippen molar-refractivity contribution >= 4 is 21.8 Å². The summed E-state index contributed by atoms with van der Waals surface area (Å²) < 4.78 is 31.7. The van der Waals surface area contributed by atoms with Crippen LogP contribution < -0.4 is 10.0 Å². The van der Waals surface area contributed by atoms with Gasteiger partial charge in [0.15, 0.2) is 0 Å². The molecule has 0 aliphatic heterocycles. The number of anilines is 1. The highest BCUT2D eigenvalue weighted by Crippen LogP contribution is 2.23. The van der Waals surface area contributed by atoms with E-state index in [1.807, 2.05) is 24.3 Å². The molecule has 2 aromatic carbocycles. The van der Waals surface area contributed by atoms with E-state index < -0.39 is 15.9 Å². The highest BCUT2D eigenvalue weighted by molar-refractivity contribution is 7.89. The van der Waals surface area contributed by atoms with Gasteiger partial charge in [0.2, 0.25) is 15.9 Å². The fourth-order valence-electron chi connectivity index (χ4n) is 2.60. The first-order valence-corrected chi connectivity index (χ1v) is 10.5. The largest absolute Gasteiger partial charge is 0.338 e. The zero-order valence-corrected chi connectivity index (χ0v) is 16.7.